The molecule has 0 rings (SSSR count). The Hall–Kier alpha value is -0.560. The second-order valence-corrected chi connectivity index (χ2v) is 12.9. The molecule has 238 valence electrons. The summed E-state index contributed by atoms with van der Waals surface area (Å²) in [6.07, 6.45) is 52.0. The van der Waals surface area contributed by atoms with E-state index < -0.39 is 0 Å². The minimum atomic E-state index is 0.400. The summed E-state index contributed by atoms with van der Waals surface area (Å²) >= 11 is 0. The van der Waals surface area contributed by atoms with Gasteiger partial charge in [0.05, 0.1) is 0 Å². The molecule has 0 aromatic heterocycles. The standard InChI is InChI=1S/C39H76O/c1-3-5-7-9-11-13-15-17-19-21-23-25-27-29-31-33-35-37-39(38-40)36-34-32-30-28-26-24-22-20-18-16-14-12-10-8-6-4-2/h17-20,39-40H,3-16,21-38H2,1-2H3. The van der Waals surface area contributed by atoms with Gasteiger partial charge in [0.15, 0.2) is 0 Å². The van der Waals surface area contributed by atoms with Crippen LogP contribution < -0.4 is 0 Å². The molecule has 1 nitrogen and oxygen atoms in total. The quantitative estimate of drug-likeness (QED) is 0.0613. The summed E-state index contributed by atoms with van der Waals surface area (Å²) in [7, 11) is 0. The van der Waals surface area contributed by atoms with Gasteiger partial charge in [0.1, 0.15) is 0 Å². The van der Waals surface area contributed by atoms with E-state index in [1.54, 1.807) is 0 Å². The van der Waals surface area contributed by atoms with E-state index in [9.17, 15) is 5.11 Å². The van der Waals surface area contributed by atoms with Crippen molar-refractivity contribution in [3.63, 3.8) is 0 Å². The van der Waals surface area contributed by atoms with Crippen LogP contribution in [0.3, 0.4) is 0 Å². The van der Waals surface area contributed by atoms with Gasteiger partial charge in [0.2, 0.25) is 0 Å². The Kier molecular flexibility index (Phi) is 36.0. The first-order valence-electron chi connectivity index (χ1n) is 18.8. The highest BCUT2D eigenvalue weighted by Crippen LogP contribution is 2.19. The van der Waals surface area contributed by atoms with E-state index in [0.717, 1.165) is 0 Å². The summed E-state index contributed by atoms with van der Waals surface area (Å²) in [6.45, 7) is 4.98. The van der Waals surface area contributed by atoms with Gasteiger partial charge in [0, 0.05) is 6.61 Å². The Morgan fingerprint density at radius 2 is 0.600 bits per heavy atom. The van der Waals surface area contributed by atoms with E-state index in [2.05, 4.69) is 38.2 Å². The molecule has 1 unspecified atom stereocenters. The number of aliphatic hydroxyl groups is 1. The minimum Gasteiger partial charge on any atom is -0.396 e. The second-order valence-electron chi connectivity index (χ2n) is 12.9. The maximum atomic E-state index is 9.77. The van der Waals surface area contributed by atoms with Crippen LogP contribution in [0.4, 0.5) is 0 Å². The summed E-state index contributed by atoms with van der Waals surface area (Å²) in [5.41, 5.74) is 0. The lowest BCUT2D eigenvalue weighted by Gasteiger charge is -2.13. The van der Waals surface area contributed by atoms with Crippen LogP contribution >= 0.6 is 0 Å². The topological polar surface area (TPSA) is 20.2 Å². The second kappa shape index (κ2) is 36.5. The van der Waals surface area contributed by atoms with Crippen LogP contribution in [0.5, 0.6) is 0 Å². The molecule has 1 N–H and O–H groups in total. The van der Waals surface area contributed by atoms with Gasteiger partial charge in [-0.2, -0.15) is 0 Å². The van der Waals surface area contributed by atoms with E-state index in [0.29, 0.717) is 12.5 Å². The van der Waals surface area contributed by atoms with Gasteiger partial charge in [-0.3, -0.25) is 0 Å². The highest BCUT2D eigenvalue weighted by atomic mass is 16.3. The van der Waals surface area contributed by atoms with Crippen molar-refractivity contribution in [3.05, 3.63) is 24.3 Å². The summed E-state index contributed by atoms with van der Waals surface area (Å²) in [6, 6.07) is 0. The van der Waals surface area contributed by atoms with E-state index in [4.69, 9.17) is 0 Å². The third-order valence-electron chi connectivity index (χ3n) is 8.76. The molecule has 40 heavy (non-hydrogen) atoms. The molecule has 0 amide bonds. The molecule has 1 heteroatoms. The number of hydrogen-bond donors (Lipinski definition) is 1. The van der Waals surface area contributed by atoms with Crippen LogP contribution in [-0.4, -0.2) is 11.7 Å². The van der Waals surface area contributed by atoms with Crippen LogP contribution in [0.15, 0.2) is 24.3 Å². The van der Waals surface area contributed by atoms with Gasteiger partial charge < -0.3 is 5.11 Å². The van der Waals surface area contributed by atoms with Crippen molar-refractivity contribution >= 4 is 0 Å². The Labute approximate surface area is 254 Å². The van der Waals surface area contributed by atoms with Crippen molar-refractivity contribution in [1.82, 2.24) is 0 Å². The van der Waals surface area contributed by atoms with Gasteiger partial charge in [0.25, 0.3) is 0 Å². The van der Waals surface area contributed by atoms with E-state index in [1.807, 2.05) is 0 Å². The number of unbranched alkanes of at least 4 members (excludes halogenated alkanes) is 25. The lowest BCUT2D eigenvalue weighted by Crippen LogP contribution is -2.06. The van der Waals surface area contributed by atoms with Crippen molar-refractivity contribution < 1.29 is 5.11 Å². The molecule has 0 saturated carbocycles. The molecular weight excluding hydrogens is 484 g/mol. The molecule has 0 aliphatic heterocycles. The van der Waals surface area contributed by atoms with Crippen molar-refractivity contribution in [2.45, 2.75) is 213 Å². The first kappa shape index (κ1) is 39.4. The number of rotatable bonds is 34. The van der Waals surface area contributed by atoms with Crippen molar-refractivity contribution in [2.24, 2.45) is 5.92 Å². The Balaban J connectivity index is 3.33. The zero-order valence-corrected chi connectivity index (χ0v) is 28.0. The Morgan fingerprint density at radius 1 is 0.350 bits per heavy atom. The average molecular weight is 561 g/mol. The molecule has 0 aliphatic carbocycles. The molecule has 0 heterocycles. The third kappa shape index (κ3) is 33.6. The molecule has 0 aliphatic rings. The fraction of sp³-hybridized carbons (Fsp3) is 0.897. The highest BCUT2D eigenvalue weighted by molar-refractivity contribution is 4.82. The normalized spacial score (nSPS) is 12.8. The van der Waals surface area contributed by atoms with Gasteiger partial charge in [-0.05, 0) is 70.1 Å². The van der Waals surface area contributed by atoms with Crippen molar-refractivity contribution in [1.29, 1.82) is 0 Å². The first-order chi connectivity index (χ1) is 19.8. The summed E-state index contributed by atoms with van der Waals surface area (Å²) in [5.74, 6) is 0.555. The smallest absolute Gasteiger partial charge is 0.0459 e. The first-order valence-corrected chi connectivity index (χ1v) is 18.8. The van der Waals surface area contributed by atoms with Gasteiger partial charge in [-0.15, -0.1) is 0 Å². The Morgan fingerprint density at radius 3 is 0.875 bits per heavy atom. The molecule has 1 atom stereocenters. The van der Waals surface area contributed by atoms with E-state index in [1.165, 1.54) is 199 Å². The molecule has 0 spiro atoms. The zero-order valence-electron chi connectivity index (χ0n) is 28.0. The zero-order chi connectivity index (χ0) is 29.0. The lowest BCUT2D eigenvalue weighted by atomic mass is 9.95. The lowest BCUT2D eigenvalue weighted by molar-refractivity contribution is 0.204. The molecule has 0 fully saturated rings. The predicted octanol–water partition coefficient (Wildman–Crippen LogP) is 13.8. The SMILES string of the molecule is CCCCCCCCC=CCCCCCCCCCC(CO)CCCCCCCCC=CCCCCCCCC. The fourth-order valence-electron chi connectivity index (χ4n) is 5.86. The monoisotopic (exact) mass is 561 g/mol. The number of hydrogen-bond acceptors (Lipinski definition) is 1. The van der Waals surface area contributed by atoms with Crippen molar-refractivity contribution in [3.8, 4) is 0 Å². The highest BCUT2D eigenvalue weighted by Gasteiger charge is 2.07. The van der Waals surface area contributed by atoms with Gasteiger partial charge in [-0.25, -0.2) is 0 Å². The van der Waals surface area contributed by atoms with Crippen LogP contribution in [0.2, 0.25) is 0 Å². The van der Waals surface area contributed by atoms with E-state index >= 15 is 0 Å². The molecule has 0 saturated heterocycles. The number of allylic oxidation sites excluding steroid dienone is 4. The molecular formula is C39H76O. The minimum absolute atomic E-state index is 0.400. The van der Waals surface area contributed by atoms with Crippen molar-refractivity contribution in [2.75, 3.05) is 6.61 Å². The summed E-state index contributed by atoms with van der Waals surface area (Å²) < 4.78 is 0. The summed E-state index contributed by atoms with van der Waals surface area (Å²) in [5, 5.41) is 9.77. The van der Waals surface area contributed by atoms with Gasteiger partial charge >= 0.3 is 0 Å². The maximum absolute atomic E-state index is 9.77. The molecule has 0 bridgehead atoms. The Bertz CT molecular complexity index is 493. The largest absolute Gasteiger partial charge is 0.396 e. The fourth-order valence-corrected chi connectivity index (χ4v) is 5.86. The van der Waals surface area contributed by atoms with Crippen LogP contribution in [0, 0.1) is 5.92 Å². The maximum Gasteiger partial charge on any atom is 0.0459 e. The number of aliphatic hydroxyl groups excluding tert-OH is 1. The van der Waals surface area contributed by atoms with Crippen LogP contribution in [0.1, 0.15) is 213 Å². The third-order valence-corrected chi connectivity index (χ3v) is 8.76. The average Bonchev–Trinajstić information content (AvgIpc) is 2.97. The molecule has 0 aromatic rings. The molecule has 0 radical (unpaired) electrons. The summed E-state index contributed by atoms with van der Waals surface area (Å²) in [4.78, 5) is 0. The predicted molar refractivity (Wildman–Crippen MR) is 183 cm³/mol. The van der Waals surface area contributed by atoms with Gasteiger partial charge in [-0.1, -0.05) is 173 Å². The van der Waals surface area contributed by atoms with E-state index in [-0.39, 0.29) is 0 Å². The van der Waals surface area contributed by atoms with Crippen LogP contribution in [0.25, 0.3) is 0 Å². The van der Waals surface area contributed by atoms with Crippen LogP contribution in [-0.2, 0) is 0 Å². The molecule has 0 aromatic carbocycles.